The van der Waals surface area contributed by atoms with Crippen molar-refractivity contribution < 1.29 is 9.90 Å². The largest absolute Gasteiger partial charge is 0.478 e. The molecule has 0 saturated heterocycles. The van der Waals surface area contributed by atoms with Crippen LogP contribution in [-0.2, 0) is 11.8 Å². The number of carboxylic acids is 1. The molecule has 0 bridgehead atoms. The minimum atomic E-state index is -0.886. The van der Waals surface area contributed by atoms with Crippen LogP contribution in [-0.4, -0.2) is 17.6 Å². The number of aromatic carboxylic acids is 1. The highest BCUT2D eigenvalue weighted by Crippen LogP contribution is 2.34. The SMILES string of the molecule is CCCc1cc(C(=O)O)ccc1NCC(C)(C)c1ccc(Cl)cc1C(C)CC. The summed E-state index contributed by atoms with van der Waals surface area (Å²) >= 11 is 6.27. The van der Waals surface area contributed by atoms with Gasteiger partial charge in [0.2, 0.25) is 0 Å². The van der Waals surface area contributed by atoms with Gasteiger partial charge in [-0.15, -0.1) is 0 Å². The van der Waals surface area contributed by atoms with E-state index in [2.05, 4.69) is 52.1 Å². The molecule has 2 aromatic rings. The van der Waals surface area contributed by atoms with Gasteiger partial charge in [0, 0.05) is 22.7 Å². The molecule has 3 nitrogen and oxygen atoms in total. The summed E-state index contributed by atoms with van der Waals surface area (Å²) in [5.41, 5.74) is 4.91. The van der Waals surface area contributed by atoms with Crippen LogP contribution in [0, 0.1) is 0 Å². The Morgan fingerprint density at radius 1 is 1.18 bits per heavy atom. The lowest BCUT2D eigenvalue weighted by atomic mass is 9.78. The number of benzene rings is 2. The van der Waals surface area contributed by atoms with E-state index < -0.39 is 5.97 Å². The first-order valence-electron chi connectivity index (χ1n) is 10.1. The molecular formula is C24H32ClNO2. The van der Waals surface area contributed by atoms with Gasteiger partial charge in [-0.3, -0.25) is 0 Å². The third kappa shape index (κ3) is 5.29. The van der Waals surface area contributed by atoms with Crippen molar-refractivity contribution in [1.82, 2.24) is 0 Å². The highest BCUT2D eigenvalue weighted by atomic mass is 35.5. The van der Waals surface area contributed by atoms with E-state index in [9.17, 15) is 9.90 Å². The van der Waals surface area contributed by atoms with Crippen LogP contribution in [0.5, 0.6) is 0 Å². The fourth-order valence-electron chi connectivity index (χ4n) is 3.56. The molecule has 28 heavy (non-hydrogen) atoms. The van der Waals surface area contributed by atoms with E-state index in [0.717, 1.165) is 42.1 Å². The minimum Gasteiger partial charge on any atom is -0.478 e. The van der Waals surface area contributed by atoms with Gasteiger partial charge in [-0.05, 0) is 65.8 Å². The Kier molecular flexibility index (Phi) is 7.54. The molecule has 0 aliphatic carbocycles. The molecule has 0 aliphatic heterocycles. The fraction of sp³-hybridized carbons (Fsp3) is 0.458. The molecule has 1 atom stereocenters. The van der Waals surface area contributed by atoms with E-state index in [0.29, 0.717) is 11.5 Å². The first-order chi connectivity index (χ1) is 13.2. The van der Waals surface area contributed by atoms with Crippen molar-refractivity contribution >= 4 is 23.3 Å². The smallest absolute Gasteiger partial charge is 0.335 e. The Balaban J connectivity index is 2.30. The van der Waals surface area contributed by atoms with Crippen molar-refractivity contribution in [3.05, 3.63) is 63.7 Å². The molecule has 0 aromatic heterocycles. The van der Waals surface area contributed by atoms with Crippen LogP contribution >= 0.6 is 11.6 Å². The first-order valence-corrected chi connectivity index (χ1v) is 10.5. The van der Waals surface area contributed by atoms with E-state index in [1.165, 1.54) is 11.1 Å². The van der Waals surface area contributed by atoms with Gasteiger partial charge in [0.05, 0.1) is 5.56 Å². The van der Waals surface area contributed by atoms with Gasteiger partial charge in [-0.25, -0.2) is 4.79 Å². The number of rotatable bonds is 9. The summed E-state index contributed by atoms with van der Waals surface area (Å²) in [7, 11) is 0. The number of carbonyl (C=O) groups is 1. The van der Waals surface area contributed by atoms with Crippen molar-refractivity contribution in [2.75, 3.05) is 11.9 Å². The molecule has 0 aliphatic rings. The highest BCUT2D eigenvalue weighted by molar-refractivity contribution is 6.30. The molecule has 0 radical (unpaired) electrons. The number of anilines is 1. The second-order valence-electron chi connectivity index (χ2n) is 8.21. The summed E-state index contributed by atoms with van der Waals surface area (Å²) in [6, 6.07) is 11.6. The molecule has 152 valence electrons. The fourth-order valence-corrected chi connectivity index (χ4v) is 3.74. The molecule has 0 fully saturated rings. The van der Waals surface area contributed by atoms with Gasteiger partial charge < -0.3 is 10.4 Å². The predicted molar refractivity (Wildman–Crippen MR) is 119 cm³/mol. The molecule has 0 amide bonds. The van der Waals surface area contributed by atoms with Crippen molar-refractivity contribution in [1.29, 1.82) is 0 Å². The Morgan fingerprint density at radius 3 is 2.50 bits per heavy atom. The van der Waals surface area contributed by atoms with E-state index in [-0.39, 0.29) is 5.41 Å². The maximum absolute atomic E-state index is 11.3. The van der Waals surface area contributed by atoms with Crippen LogP contribution in [0.15, 0.2) is 36.4 Å². The molecule has 4 heteroatoms. The molecule has 2 aromatic carbocycles. The van der Waals surface area contributed by atoms with Crippen LogP contribution in [0.2, 0.25) is 5.02 Å². The summed E-state index contributed by atoms with van der Waals surface area (Å²) in [4.78, 5) is 11.3. The third-order valence-electron chi connectivity index (χ3n) is 5.48. The molecule has 2 rings (SSSR count). The van der Waals surface area contributed by atoms with Gasteiger partial charge in [0.25, 0.3) is 0 Å². The van der Waals surface area contributed by atoms with Crippen LogP contribution in [0.25, 0.3) is 0 Å². The van der Waals surface area contributed by atoms with Crippen LogP contribution in [0.1, 0.15) is 80.4 Å². The number of hydrogen-bond acceptors (Lipinski definition) is 2. The van der Waals surface area contributed by atoms with Gasteiger partial charge in [-0.1, -0.05) is 58.7 Å². The summed E-state index contributed by atoms with van der Waals surface area (Å²) in [6.07, 6.45) is 2.88. The Hall–Kier alpha value is -2.00. The topological polar surface area (TPSA) is 49.3 Å². The summed E-state index contributed by atoms with van der Waals surface area (Å²) in [5, 5.41) is 13.6. The minimum absolute atomic E-state index is 0.0989. The zero-order chi connectivity index (χ0) is 20.9. The third-order valence-corrected chi connectivity index (χ3v) is 5.71. The maximum atomic E-state index is 11.3. The van der Waals surface area contributed by atoms with E-state index in [1.54, 1.807) is 12.1 Å². The Labute approximate surface area is 174 Å². The second kappa shape index (κ2) is 9.47. The van der Waals surface area contributed by atoms with Crippen molar-refractivity contribution in [3.8, 4) is 0 Å². The maximum Gasteiger partial charge on any atom is 0.335 e. The monoisotopic (exact) mass is 401 g/mol. The quantitative estimate of drug-likeness (QED) is 0.480. The number of hydrogen-bond donors (Lipinski definition) is 2. The summed E-state index contributed by atoms with van der Waals surface area (Å²) < 4.78 is 0. The van der Waals surface area contributed by atoms with Crippen molar-refractivity contribution in [2.45, 2.75) is 65.2 Å². The summed E-state index contributed by atoms with van der Waals surface area (Å²) in [5.74, 6) is -0.443. The standard InChI is InChI=1S/C24H32ClNO2/c1-6-8-17-13-18(23(27)28)9-12-22(17)26-15-24(4,5)21-11-10-19(25)14-20(21)16(3)7-2/h9-14,16,26H,6-8,15H2,1-5H3,(H,27,28). The van der Waals surface area contributed by atoms with Gasteiger partial charge >= 0.3 is 5.97 Å². The number of nitrogens with one attached hydrogen (secondary N) is 1. The average molecular weight is 402 g/mol. The normalized spacial score (nSPS) is 12.6. The zero-order valence-electron chi connectivity index (χ0n) is 17.6. The highest BCUT2D eigenvalue weighted by Gasteiger charge is 2.25. The van der Waals surface area contributed by atoms with Crippen LogP contribution < -0.4 is 5.32 Å². The van der Waals surface area contributed by atoms with Gasteiger partial charge in [0.15, 0.2) is 0 Å². The van der Waals surface area contributed by atoms with Gasteiger partial charge in [0.1, 0.15) is 0 Å². The number of carboxylic acid groups (broad SMARTS) is 1. The molecule has 0 heterocycles. The van der Waals surface area contributed by atoms with Gasteiger partial charge in [-0.2, -0.15) is 0 Å². The second-order valence-corrected chi connectivity index (χ2v) is 8.64. The lowest BCUT2D eigenvalue weighted by molar-refractivity contribution is 0.0697. The van der Waals surface area contributed by atoms with E-state index in [1.807, 2.05) is 12.1 Å². The molecule has 0 spiro atoms. The molecule has 0 saturated carbocycles. The average Bonchev–Trinajstić information content (AvgIpc) is 2.66. The lowest BCUT2D eigenvalue weighted by Crippen LogP contribution is -2.29. The molecule has 1 unspecified atom stereocenters. The lowest BCUT2D eigenvalue weighted by Gasteiger charge is -2.31. The molecular weight excluding hydrogens is 370 g/mol. The summed E-state index contributed by atoms with van der Waals surface area (Å²) in [6.45, 7) is 11.8. The van der Waals surface area contributed by atoms with E-state index in [4.69, 9.17) is 11.6 Å². The molecule has 2 N–H and O–H groups in total. The Bertz CT molecular complexity index is 829. The predicted octanol–water partition coefficient (Wildman–Crippen LogP) is 6.89. The van der Waals surface area contributed by atoms with Crippen LogP contribution in [0.3, 0.4) is 0 Å². The number of halogens is 1. The van der Waals surface area contributed by atoms with E-state index >= 15 is 0 Å². The van der Waals surface area contributed by atoms with Crippen LogP contribution in [0.4, 0.5) is 5.69 Å². The van der Waals surface area contributed by atoms with Crippen molar-refractivity contribution in [2.24, 2.45) is 0 Å². The van der Waals surface area contributed by atoms with Crippen molar-refractivity contribution in [3.63, 3.8) is 0 Å². The Morgan fingerprint density at radius 2 is 1.89 bits per heavy atom. The first kappa shape index (κ1) is 22.3. The zero-order valence-corrected chi connectivity index (χ0v) is 18.4. The number of aryl methyl sites for hydroxylation is 1.